The second-order valence-electron chi connectivity index (χ2n) is 5.27. The van der Waals surface area contributed by atoms with Crippen molar-refractivity contribution in [2.24, 2.45) is 4.99 Å². The third-order valence-electron chi connectivity index (χ3n) is 3.16. The third-order valence-corrected chi connectivity index (χ3v) is 3.16. The van der Waals surface area contributed by atoms with Gasteiger partial charge in [0.15, 0.2) is 5.96 Å². The fourth-order valence-corrected chi connectivity index (χ4v) is 1.84. The van der Waals surface area contributed by atoms with Crippen LogP contribution in [0.3, 0.4) is 0 Å². The summed E-state index contributed by atoms with van der Waals surface area (Å²) in [5.41, 5.74) is 1.74. The summed E-state index contributed by atoms with van der Waals surface area (Å²) in [6, 6.07) is 7.79. The summed E-state index contributed by atoms with van der Waals surface area (Å²) in [5.74, 6) is 0.764. The van der Waals surface area contributed by atoms with Gasteiger partial charge in [-0.15, -0.1) is 24.0 Å². The van der Waals surface area contributed by atoms with Crippen LogP contribution >= 0.6 is 24.0 Å². The molecule has 1 aromatic rings. The number of hydrogen-bond donors (Lipinski definition) is 2. The van der Waals surface area contributed by atoms with Crippen molar-refractivity contribution in [3.63, 3.8) is 0 Å². The normalized spacial score (nSPS) is 15.0. The smallest absolute Gasteiger partial charge is 0.367 e. The van der Waals surface area contributed by atoms with Gasteiger partial charge in [0.25, 0.3) is 0 Å². The number of hydrogen-bond acceptors (Lipinski definition) is 2. The minimum atomic E-state index is -4.28. The van der Waals surface area contributed by atoms with E-state index in [4.69, 9.17) is 0 Å². The van der Waals surface area contributed by atoms with Crippen LogP contribution in [0.4, 0.5) is 13.2 Å². The summed E-state index contributed by atoms with van der Waals surface area (Å²) >= 11 is 0. The van der Waals surface area contributed by atoms with Crippen molar-refractivity contribution in [1.82, 2.24) is 10.6 Å². The highest BCUT2D eigenvalue weighted by molar-refractivity contribution is 14.0. The number of nitrogens with one attached hydrogen (secondary N) is 2. The molecule has 1 aliphatic rings. The minimum Gasteiger partial charge on any atom is -0.367 e. The van der Waals surface area contributed by atoms with Crippen LogP contribution in [0.5, 0.6) is 0 Å². The fraction of sp³-hybridized carbons (Fsp3) is 0.533. The van der Waals surface area contributed by atoms with Crippen molar-refractivity contribution in [3.8, 4) is 0 Å². The molecule has 0 unspecified atom stereocenters. The van der Waals surface area contributed by atoms with Gasteiger partial charge < -0.3 is 15.4 Å². The van der Waals surface area contributed by atoms with Crippen LogP contribution < -0.4 is 10.6 Å². The van der Waals surface area contributed by atoms with Gasteiger partial charge in [-0.1, -0.05) is 24.3 Å². The van der Waals surface area contributed by atoms with E-state index in [2.05, 4.69) is 20.4 Å². The molecule has 0 aromatic heterocycles. The number of halogens is 4. The van der Waals surface area contributed by atoms with Gasteiger partial charge in [-0.2, -0.15) is 13.2 Å². The Morgan fingerprint density at radius 1 is 1.22 bits per heavy atom. The molecule has 130 valence electrons. The fourth-order valence-electron chi connectivity index (χ4n) is 1.84. The van der Waals surface area contributed by atoms with Gasteiger partial charge in [-0.3, -0.25) is 4.99 Å². The molecule has 1 aliphatic carbocycles. The topological polar surface area (TPSA) is 45.7 Å². The van der Waals surface area contributed by atoms with Gasteiger partial charge in [0.2, 0.25) is 0 Å². The van der Waals surface area contributed by atoms with E-state index in [1.165, 1.54) is 12.8 Å². The standard InChI is InChI=1S/C15H20F3N3O.HI/c1-19-14(21-13-6-7-13)20-8-11-2-4-12(5-3-11)9-22-10-15(16,17)18;/h2-5,13H,6-10H2,1H3,(H2,19,20,21);1H. The number of alkyl halides is 3. The Balaban J connectivity index is 0.00000264. The Morgan fingerprint density at radius 3 is 2.35 bits per heavy atom. The first-order valence-electron chi connectivity index (χ1n) is 7.16. The van der Waals surface area contributed by atoms with E-state index < -0.39 is 12.8 Å². The lowest BCUT2D eigenvalue weighted by molar-refractivity contribution is -0.176. The molecule has 0 spiro atoms. The van der Waals surface area contributed by atoms with Crippen LogP contribution in [-0.4, -0.2) is 31.8 Å². The van der Waals surface area contributed by atoms with E-state index in [0.29, 0.717) is 18.2 Å². The second-order valence-corrected chi connectivity index (χ2v) is 5.27. The summed E-state index contributed by atoms with van der Waals surface area (Å²) < 4.78 is 40.5. The molecule has 1 aromatic carbocycles. The molecule has 4 nitrogen and oxygen atoms in total. The first kappa shape index (κ1) is 20.0. The lowest BCUT2D eigenvalue weighted by Gasteiger charge is -2.11. The molecule has 1 fully saturated rings. The van der Waals surface area contributed by atoms with Gasteiger partial charge in [-0.05, 0) is 24.0 Å². The lowest BCUT2D eigenvalue weighted by atomic mass is 10.1. The van der Waals surface area contributed by atoms with Crippen molar-refractivity contribution in [2.45, 2.75) is 38.2 Å². The summed E-state index contributed by atoms with van der Waals surface area (Å²) in [6.45, 7) is -0.659. The molecule has 0 saturated heterocycles. The average molecular weight is 443 g/mol. The largest absolute Gasteiger partial charge is 0.411 e. The SMILES string of the molecule is CN=C(NCc1ccc(COCC(F)(F)F)cc1)NC1CC1.I. The summed E-state index contributed by atoms with van der Waals surface area (Å²) in [5, 5.41) is 6.48. The van der Waals surface area contributed by atoms with Crippen molar-refractivity contribution < 1.29 is 17.9 Å². The molecule has 1 saturated carbocycles. The zero-order valence-corrected chi connectivity index (χ0v) is 15.2. The van der Waals surface area contributed by atoms with Crippen molar-refractivity contribution in [2.75, 3.05) is 13.7 Å². The van der Waals surface area contributed by atoms with E-state index >= 15 is 0 Å². The van der Waals surface area contributed by atoms with Gasteiger partial charge in [0.05, 0.1) is 6.61 Å². The van der Waals surface area contributed by atoms with Crippen molar-refractivity contribution in [1.29, 1.82) is 0 Å². The molecule has 0 amide bonds. The maximum Gasteiger partial charge on any atom is 0.411 e. The minimum absolute atomic E-state index is 0. The Kier molecular flexibility index (Phi) is 8.10. The van der Waals surface area contributed by atoms with Crippen LogP contribution in [0, 0.1) is 0 Å². The molecule has 0 bridgehead atoms. The predicted octanol–water partition coefficient (Wildman–Crippen LogP) is 3.21. The monoisotopic (exact) mass is 443 g/mol. The highest BCUT2D eigenvalue weighted by Crippen LogP contribution is 2.18. The van der Waals surface area contributed by atoms with Crippen LogP contribution in [0.1, 0.15) is 24.0 Å². The Hall–Kier alpha value is -1.03. The number of nitrogens with zero attached hydrogens (tertiary/aromatic N) is 1. The van der Waals surface area contributed by atoms with Crippen LogP contribution in [0.25, 0.3) is 0 Å². The highest BCUT2D eigenvalue weighted by Gasteiger charge is 2.27. The first-order valence-corrected chi connectivity index (χ1v) is 7.16. The molecular weight excluding hydrogens is 422 g/mol. The number of rotatable bonds is 6. The summed E-state index contributed by atoms with van der Waals surface area (Å²) in [4.78, 5) is 4.13. The molecule has 8 heteroatoms. The van der Waals surface area contributed by atoms with Crippen LogP contribution in [0.15, 0.2) is 29.3 Å². The highest BCUT2D eigenvalue weighted by atomic mass is 127. The molecular formula is C15H21F3IN3O. The van der Waals surface area contributed by atoms with E-state index in [9.17, 15) is 13.2 Å². The zero-order valence-electron chi connectivity index (χ0n) is 12.8. The summed E-state index contributed by atoms with van der Waals surface area (Å²) in [7, 11) is 1.72. The molecule has 2 N–H and O–H groups in total. The maximum absolute atomic E-state index is 12.0. The van der Waals surface area contributed by atoms with Crippen molar-refractivity contribution >= 4 is 29.9 Å². The van der Waals surface area contributed by atoms with E-state index in [-0.39, 0.29) is 30.6 Å². The van der Waals surface area contributed by atoms with Crippen LogP contribution in [0.2, 0.25) is 0 Å². The van der Waals surface area contributed by atoms with Crippen molar-refractivity contribution in [3.05, 3.63) is 35.4 Å². The van der Waals surface area contributed by atoms with E-state index in [1.54, 1.807) is 19.2 Å². The van der Waals surface area contributed by atoms with E-state index in [1.807, 2.05) is 12.1 Å². The zero-order chi connectivity index (χ0) is 16.0. The van der Waals surface area contributed by atoms with E-state index in [0.717, 1.165) is 11.5 Å². The van der Waals surface area contributed by atoms with Crippen LogP contribution in [-0.2, 0) is 17.9 Å². The van der Waals surface area contributed by atoms with Gasteiger partial charge in [-0.25, -0.2) is 0 Å². The summed E-state index contributed by atoms with van der Waals surface area (Å²) in [6.07, 6.45) is -1.94. The maximum atomic E-state index is 12.0. The lowest BCUT2D eigenvalue weighted by Crippen LogP contribution is -2.38. The molecule has 2 rings (SSSR count). The van der Waals surface area contributed by atoms with Gasteiger partial charge in [0, 0.05) is 19.6 Å². The molecule has 0 atom stereocenters. The molecule has 0 heterocycles. The molecule has 0 aliphatic heterocycles. The first-order chi connectivity index (χ1) is 10.5. The van der Waals surface area contributed by atoms with Gasteiger partial charge >= 0.3 is 6.18 Å². The third kappa shape index (κ3) is 8.40. The Bertz CT molecular complexity index is 502. The Labute approximate surface area is 150 Å². The number of ether oxygens (including phenoxy) is 1. The molecule has 23 heavy (non-hydrogen) atoms. The second kappa shape index (κ2) is 9.31. The number of benzene rings is 1. The number of guanidine groups is 1. The predicted molar refractivity (Wildman–Crippen MR) is 93.9 cm³/mol. The average Bonchev–Trinajstić information content (AvgIpc) is 3.27. The molecule has 0 radical (unpaired) electrons. The Morgan fingerprint density at radius 2 is 1.83 bits per heavy atom. The number of aliphatic imine (C=N–C) groups is 1. The van der Waals surface area contributed by atoms with Gasteiger partial charge in [0.1, 0.15) is 6.61 Å². The quantitative estimate of drug-likeness (QED) is 0.404.